The Bertz CT molecular complexity index is 532. The molecule has 0 atom stereocenters. The number of aliphatic imine (C=N–C) groups is 1. The van der Waals surface area contributed by atoms with Crippen LogP contribution < -0.4 is 0 Å². The van der Waals surface area contributed by atoms with E-state index in [-0.39, 0.29) is 11.7 Å². The Balaban J connectivity index is 1.83. The van der Waals surface area contributed by atoms with Gasteiger partial charge in [0.25, 0.3) is 0 Å². The van der Waals surface area contributed by atoms with Gasteiger partial charge in [-0.1, -0.05) is 15.9 Å². The fourth-order valence-electron chi connectivity index (χ4n) is 2.14. The van der Waals surface area contributed by atoms with Crippen molar-refractivity contribution in [1.29, 1.82) is 0 Å². The Morgan fingerprint density at radius 2 is 2.20 bits per heavy atom. The first-order chi connectivity index (χ1) is 9.58. The average molecular weight is 404 g/mol. The van der Waals surface area contributed by atoms with Crippen LogP contribution in [0.4, 0.5) is 0 Å². The number of likely N-dealkylation sites (tertiary alicyclic amines) is 1. The Kier molecular flexibility index (Phi) is 5.60. The Morgan fingerprint density at radius 3 is 2.90 bits per heavy atom. The molecule has 0 aliphatic carbocycles. The van der Waals surface area contributed by atoms with Crippen molar-refractivity contribution in [2.24, 2.45) is 4.99 Å². The molecule has 0 spiro atoms. The van der Waals surface area contributed by atoms with Crippen LogP contribution in [0.5, 0.6) is 5.75 Å². The zero-order valence-electron chi connectivity index (χ0n) is 11.0. The van der Waals surface area contributed by atoms with Gasteiger partial charge < -0.3 is 10.0 Å². The molecule has 1 aliphatic rings. The summed E-state index contributed by atoms with van der Waals surface area (Å²) in [5, 5.41) is 9.87. The molecule has 0 bridgehead atoms. The minimum Gasteiger partial charge on any atom is -0.506 e. The maximum Gasteiger partial charge on any atom is 0.222 e. The standard InChI is InChI=1S/C14H16Br2N2O2/c15-11-7-10(14(20)12(16)8-11)9-17-4-2-6-18-5-1-3-13(18)19/h7-9,20H,1-6H2. The normalized spacial score (nSPS) is 15.5. The monoisotopic (exact) mass is 402 g/mol. The molecule has 1 amide bonds. The molecule has 4 nitrogen and oxygen atoms in total. The largest absolute Gasteiger partial charge is 0.506 e. The summed E-state index contributed by atoms with van der Waals surface area (Å²) in [6, 6.07) is 3.60. The van der Waals surface area contributed by atoms with Gasteiger partial charge in [0, 0.05) is 42.3 Å². The molecule has 2 rings (SSSR count). The third-order valence-corrected chi connectivity index (χ3v) is 4.24. The van der Waals surface area contributed by atoms with Crippen LogP contribution in [-0.2, 0) is 4.79 Å². The van der Waals surface area contributed by atoms with E-state index in [0.29, 0.717) is 23.0 Å². The summed E-state index contributed by atoms with van der Waals surface area (Å²) in [6.45, 7) is 2.29. The lowest BCUT2D eigenvalue weighted by Gasteiger charge is -2.13. The zero-order valence-corrected chi connectivity index (χ0v) is 14.2. The maximum atomic E-state index is 11.4. The van der Waals surface area contributed by atoms with E-state index >= 15 is 0 Å². The molecule has 1 aromatic carbocycles. The van der Waals surface area contributed by atoms with Crippen LogP contribution >= 0.6 is 31.9 Å². The molecule has 0 saturated carbocycles. The summed E-state index contributed by atoms with van der Waals surface area (Å²) in [5.41, 5.74) is 0.670. The second-order valence-electron chi connectivity index (χ2n) is 4.70. The van der Waals surface area contributed by atoms with E-state index in [0.717, 1.165) is 30.4 Å². The molecule has 0 unspecified atom stereocenters. The molecule has 0 aromatic heterocycles. The smallest absolute Gasteiger partial charge is 0.222 e. The van der Waals surface area contributed by atoms with E-state index in [1.807, 2.05) is 11.0 Å². The Morgan fingerprint density at radius 1 is 1.40 bits per heavy atom. The second kappa shape index (κ2) is 7.22. The third-order valence-electron chi connectivity index (χ3n) is 3.17. The first-order valence-corrected chi connectivity index (χ1v) is 8.12. The molecule has 108 valence electrons. The van der Waals surface area contributed by atoms with Gasteiger partial charge >= 0.3 is 0 Å². The van der Waals surface area contributed by atoms with Crippen molar-refractivity contribution in [3.63, 3.8) is 0 Å². The number of hydrogen-bond acceptors (Lipinski definition) is 3. The molecular formula is C14H16Br2N2O2. The Hall–Kier alpha value is -0.880. The number of phenolic OH excluding ortho intramolecular Hbond substituents is 1. The number of carbonyl (C=O) groups is 1. The minimum atomic E-state index is 0.187. The predicted octanol–water partition coefficient (Wildman–Crippen LogP) is 3.35. The van der Waals surface area contributed by atoms with Crippen LogP contribution in [0.25, 0.3) is 0 Å². The highest BCUT2D eigenvalue weighted by molar-refractivity contribution is 9.11. The highest BCUT2D eigenvalue weighted by atomic mass is 79.9. The van der Waals surface area contributed by atoms with Gasteiger partial charge in [0.2, 0.25) is 5.91 Å². The molecule has 1 fully saturated rings. The van der Waals surface area contributed by atoms with Crippen LogP contribution in [-0.4, -0.2) is 41.8 Å². The number of halogens is 2. The van der Waals surface area contributed by atoms with Crippen LogP contribution in [0.3, 0.4) is 0 Å². The van der Waals surface area contributed by atoms with Crippen molar-refractivity contribution >= 4 is 44.0 Å². The van der Waals surface area contributed by atoms with E-state index in [9.17, 15) is 9.90 Å². The van der Waals surface area contributed by atoms with Gasteiger partial charge in [0.05, 0.1) is 4.47 Å². The fourth-order valence-corrected chi connectivity index (χ4v) is 3.40. The van der Waals surface area contributed by atoms with Crippen molar-refractivity contribution in [2.75, 3.05) is 19.6 Å². The van der Waals surface area contributed by atoms with Gasteiger partial charge in [-0.2, -0.15) is 0 Å². The Labute approximate surface area is 135 Å². The maximum absolute atomic E-state index is 11.4. The minimum absolute atomic E-state index is 0.187. The van der Waals surface area contributed by atoms with Gasteiger partial charge in [0.15, 0.2) is 0 Å². The van der Waals surface area contributed by atoms with E-state index < -0.39 is 0 Å². The summed E-state index contributed by atoms with van der Waals surface area (Å²) in [7, 11) is 0. The van der Waals surface area contributed by atoms with Gasteiger partial charge in [0.1, 0.15) is 5.75 Å². The first-order valence-electron chi connectivity index (χ1n) is 6.53. The first kappa shape index (κ1) is 15.5. The number of hydrogen-bond donors (Lipinski definition) is 1. The van der Waals surface area contributed by atoms with Crippen LogP contribution in [0.1, 0.15) is 24.8 Å². The lowest BCUT2D eigenvalue weighted by Crippen LogP contribution is -2.26. The van der Waals surface area contributed by atoms with Crippen molar-refractivity contribution in [3.8, 4) is 5.75 Å². The molecular weight excluding hydrogens is 388 g/mol. The highest BCUT2D eigenvalue weighted by Gasteiger charge is 2.18. The quantitative estimate of drug-likeness (QED) is 0.605. The number of phenols is 1. The molecule has 20 heavy (non-hydrogen) atoms. The van der Waals surface area contributed by atoms with Crippen molar-refractivity contribution in [1.82, 2.24) is 4.90 Å². The van der Waals surface area contributed by atoms with E-state index in [2.05, 4.69) is 36.9 Å². The predicted molar refractivity (Wildman–Crippen MR) is 86.4 cm³/mol. The van der Waals surface area contributed by atoms with Gasteiger partial charge in [-0.25, -0.2) is 0 Å². The van der Waals surface area contributed by atoms with Crippen molar-refractivity contribution in [3.05, 3.63) is 26.6 Å². The summed E-state index contributed by atoms with van der Waals surface area (Å²) >= 11 is 6.66. The lowest BCUT2D eigenvalue weighted by molar-refractivity contribution is -0.127. The highest BCUT2D eigenvalue weighted by Crippen LogP contribution is 2.30. The van der Waals surface area contributed by atoms with Crippen LogP contribution in [0, 0.1) is 0 Å². The molecule has 1 N–H and O–H groups in total. The van der Waals surface area contributed by atoms with Gasteiger partial charge in [-0.3, -0.25) is 9.79 Å². The third kappa shape index (κ3) is 4.06. The van der Waals surface area contributed by atoms with Gasteiger partial charge in [-0.05, 0) is 40.9 Å². The zero-order chi connectivity index (χ0) is 14.5. The summed E-state index contributed by atoms with van der Waals surface area (Å²) in [6.07, 6.45) is 4.17. The topological polar surface area (TPSA) is 52.9 Å². The van der Waals surface area contributed by atoms with Crippen molar-refractivity contribution < 1.29 is 9.90 Å². The molecule has 1 aromatic rings. The number of amides is 1. The van der Waals surface area contributed by atoms with E-state index in [1.54, 1.807) is 12.3 Å². The molecule has 0 radical (unpaired) electrons. The van der Waals surface area contributed by atoms with Crippen molar-refractivity contribution in [2.45, 2.75) is 19.3 Å². The number of rotatable bonds is 5. The summed E-state index contributed by atoms with van der Waals surface area (Å²) < 4.78 is 1.52. The molecule has 1 saturated heterocycles. The SMILES string of the molecule is O=C1CCCN1CCCN=Cc1cc(Br)cc(Br)c1O. The average Bonchev–Trinajstić information content (AvgIpc) is 2.80. The van der Waals surface area contributed by atoms with Crippen LogP contribution in [0.15, 0.2) is 26.1 Å². The fraction of sp³-hybridized carbons (Fsp3) is 0.429. The number of carbonyl (C=O) groups excluding carboxylic acids is 1. The molecule has 1 heterocycles. The number of nitrogens with zero attached hydrogens (tertiary/aromatic N) is 2. The summed E-state index contributed by atoms with van der Waals surface area (Å²) in [4.78, 5) is 17.6. The molecule has 1 aliphatic heterocycles. The second-order valence-corrected chi connectivity index (χ2v) is 6.47. The molecule has 6 heteroatoms. The summed E-state index contributed by atoms with van der Waals surface area (Å²) in [5.74, 6) is 0.439. The lowest BCUT2D eigenvalue weighted by atomic mass is 10.2. The van der Waals surface area contributed by atoms with Gasteiger partial charge in [-0.15, -0.1) is 0 Å². The van der Waals surface area contributed by atoms with E-state index in [1.165, 1.54) is 0 Å². The number of aromatic hydroxyl groups is 1. The van der Waals surface area contributed by atoms with Crippen LogP contribution in [0.2, 0.25) is 0 Å². The number of benzene rings is 1. The van der Waals surface area contributed by atoms with E-state index in [4.69, 9.17) is 0 Å².